The number of nitrogens with one attached hydrogen (secondary N) is 2. The van der Waals surface area contributed by atoms with Crippen molar-refractivity contribution in [3.05, 3.63) is 53.7 Å². The molecule has 3 N–H and O–H groups in total. The molecular formula is C19H14ClN5O3. The predicted molar refractivity (Wildman–Crippen MR) is 105 cm³/mol. The Hall–Kier alpha value is -3.65. The second-order valence-corrected chi connectivity index (χ2v) is 6.28. The Bertz CT molecular complexity index is 1180. The predicted octanol–water partition coefficient (Wildman–Crippen LogP) is 4.22. The Labute approximate surface area is 164 Å². The summed E-state index contributed by atoms with van der Waals surface area (Å²) in [4.78, 5) is 20.2. The van der Waals surface area contributed by atoms with Gasteiger partial charge < -0.3 is 9.84 Å². The van der Waals surface area contributed by atoms with Crippen LogP contribution in [-0.2, 0) is 4.74 Å². The van der Waals surface area contributed by atoms with Crippen LogP contribution in [0.2, 0.25) is 5.02 Å². The fourth-order valence-electron chi connectivity index (χ4n) is 2.81. The van der Waals surface area contributed by atoms with Gasteiger partial charge in [-0.1, -0.05) is 41.9 Å². The number of methoxy groups -OCH3 is 1. The first-order valence-corrected chi connectivity index (χ1v) is 8.59. The van der Waals surface area contributed by atoms with E-state index >= 15 is 0 Å². The number of aromatic amines is 1. The number of hydrogen-bond acceptors (Lipinski definition) is 6. The van der Waals surface area contributed by atoms with Crippen LogP contribution in [0.25, 0.3) is 33.4 Å². The number of carbonyl (C=O) groups is 1. The smallest absolute Gasteiger partial charge is 0.412 e. The molecule has 0 unspecified atom stereocenters. The molecule has 1 amide bonds. The lowest BCUT2D eigenvalue weighted by Crippen LogP contribution is -2.13. The van der Waals surface area contributed by atoms with Gasteiger partial charge in [-0.3, -0.25) is 10.4 Å². The maximum absolute atomic E-state index is 11.6. The first-order chi connectivity index (χ1) is 13.6. The molecule has 0 radical (unpaired) electrons. The van der Waals surface area contributed by atoms with Gasteiger partial charge in [-0.2, -0.15) is 5.10 Å². The molecule has 0 saturated heterocycles. The number of halogens is 1. The highest BCUT2D eigenvalue weighted by atomic mass is 35.5. The highest BCUT2D eigenvalue weighted by Crippen LogP contribution is 2.36. The maximum Gasteiger partial charge on any atom is 0.412 e. The number of ether oxygens (including phenoxy) is 1. The highest BCUT2D eigenvalue weighted by molar-refractivity contribution is 6.35. The summed E-state index contributed by atoms with van der Waals surface area (Å²) in [5.41, 5.74) is 2.96. The average Bonchev–Trinajstić information content (AvgIpc) is 3.19. The van der Waals surface area contributed by atoms with Crippen LogP contribution < -0.4 is 5.32 Å². The van der Waals surface area contributed by atoms with E-state index in [2.05, 4.69) is 30.2 Å². The number of amides is 1. The zero-order chi connectivity index (χ0) is 19.7. The molecule has 0 aliphatic carbocycles. The number of hydrogen-bond donors (Lipinski definition) is 3. The second kappa shape index (κ2) is 7.16. The number of benzene rings is 2. The zero-order valence-corrected chi connectivity index (χ0v) is 15.4. The first kappa shape index (κ1) is 17.7. The summed E-state index contributed by atoms with van der Waals surface area (Å²) in [5, 5.41) is 20.8. The van der Waals surface area contributed by atoms with E-state index < -0.39 is 12.0 Å². The normalized spacial score (nSPS) is 10.8. The monoisotopic (exact) mass is 395 g/mol. The molecule has 2 aromatic carbocycles. The summed E-state index contributed by atoms with van der Waals surface area (Å²) in [6.07, 6.45) is 0.882. The van der Waals surface area contributed by atoms with Gasteiger partial charge in [0.25, 0.3) is 5.88 Å². The number of aromatic nitrogens is 4. The van der Waals surface area contributed by atoms with E-state index in [0.717, 1.165) is 10.9 Å². The SMILES string of the molecule is COC(=O)Nc1nc(-c2ccccc2)c(-c2cc(Cl)c3[nH]ncc3c2)nc1O. The molecule has 140 valence electrons. The summed E-state index contributed by atoms with van der Waals surface area (Å²) in [5.74, 6) is -0.548. The van der Waals surface area contributed by atoms with Crippen molar-refractivity contribution < 1.29 is 14.6 Å². The van der Waals surface area contributed by atoms with Crippen molar-refractivity contribution in [2.75, 3.05) is 12.4 Å². The summed E-state index contributed by atoms with van der Waals surface area (Å²) in [7, 11) is 1.22. The van der Waals surface area contributed by atoms with E-state index in [-0.39, 0.29) is 5.82 Å². The first-order valence-electron chi connectivity index (χ1n) is 8.21. The Morgan fingerprint density at radius 1 is 1.14 bits per heavy atom. The molecule has 2 heterocycles. The minimum absolute atomic E-state index is 0.107. The van der Waals surface area contributed by atoms with Crippen molar-refractivity contribution in [3.63, 3.8) is 0 Å². The molecule has 0 aliphatic rings. The summed E-state index contributed by atoms with van der Waals surface area (Å²) < 4.78 is 4.57. The number of aromatic hydroxyl groups is 1. The fourth-order valence-corrected chi connectivity index (χ4v) is 3.08. The Morgan fingerprint density at radius 3 is 2.64 bits per heavy atom. The zero-order valence-electron chi connectivity index (χ0n) is 14.6. The van der Waals surface area contributed by atoms with Crippen molar-refractivity contribution in [1.82, 2.24) is 20.2 Å². The van der Waals surface area contributed by atoms with Gasteiger partial charge in [0.05, 0.1) is 29.5 Å². The highest BCUT2D eigenvalue weighted by Gasteiger charge is 2.19. The molecule has 9 heteroatoms. The van der Waals surface area contributed by atoms with Crippen LogP contribution in [0.15, 0.2) is 48.7 Å². The van der Waals surface area contributed by atoms with Gasteiger partial charge in [0.15, 0.2) is 5.82 Å². The molecule has 0 spiro atoms. The lowest BCUT2D eigenvalue weighted by atomic mass is 10.0. The van der Waals surface area contributed by atoms with Gasteiger partial charge in [0, 0.05) is 16.5 Å². The summed E-state index contributed by atoms with van der Waals surface area (Å²) >= 11 is 6.36. The number of H-pyrrole nitrogens is 1. The van der Waals surface area contributed by atoms with Crippen molar-refractivity contribution in [2.45, 2.75) is 0 Å². The minimum atomic E-state index is -0.765. The van der Waals surface area contributed by atoms with Gasteiger partial charge in [-0.15, -0.1) is 0 Å². The van der Waals surface area contributed by atoms with Gasteiger partial charge in [-0.05, 0) is 12.1 Å². The number of nitrogens with zero attached hydrogens (tertiary/aromatic N) is 3. The lowest BCUT2D eigenvalue weighted by Gasteiger charge is -2.13. The van der Waals surface area contributed by atoms with Crippen LogP contribution in [0.5, 0.6) is 5.88 Å². The second-order valence-electron chi connectivity index (χ2n) is 5.87. The molecule has 0 atom stereocenters. The third kappa shape index (κ3) is 3.21. The Kier molecular flexibility index (Phi) is 4.54. The van der Waals surface area contributed by atoms with Crippen LogP contribution in [0.3, 0.4) is 0 Å². The van der Waals surface area contributed by atoms with Gasteiger partial charge in [0.1, 0.15) is 5.69 Å². The van der Waals surface area contributed by atoms with Crippen LogP contribution >= 0.6 is 11.6 Å². The molecule has 0 fully saturated rings. The van der Waals surface area contributed by atoms with Crippen molar-refractivity contribution in [3.8, 4) is 28.4 Å². The van der Waals surface area contributed by atoms with Gasteiger partial charge in [-0.25, -0.2) is 14.8 Å². The van der Waals surface area contributed by atoms with Crippen LogP contribution in [-0.4, -0.2) is 38.5 Å². The third-order valence-electron chi connectivity index (χ3n) is 4.10. The minimum Gasteiger partial charge on any atom is -0.491 e. The Balaban J connectivity index is 1.94. The largest absolute Gasteiger partial charge is 0.491 e. The van der Waals surface area contributed by atoms with E-state index in [1.807, 2.05) is 36.4 Å². The van der Waals surface area contributed by atoms with Crippen LogP contribution in [0.4, 0.5) is 10.6 Å². The number of anilines is 1. The van der Waals surface area contributed by atoms with E-state index in [9.17, 15) is 9.90 Å². The Morgan fingerprint density at radius 2 is 1.89 bits per heavy atom. The number of rotatable bonds is 3. The molecule has 2 aromatic heterocycles. The van der Waals surface area contributed by atoms with Crippen molar-refractivity contribution >= 4 is 34.4 Å². The van der Waals surface area contributed by atoms with Crippen LogP contribution in [0, 0.1) is 0 Å². The molecule has 8 nitrogen and oxygen atoms in total. The molecular weight excluding hydrogens is 382 g/mol. The van der Waals surface area contributed by atoms with E-state index in [0.29, 0.717) is 27.5 Å². The molecule has 4 rings (SSSR count). The quantitative estimate of drug-likeness (QED) is 0.478. The lowest BCUT2D eigenvalue weighted by molar-refractivity contribution is 0.186. The summed E-state index contributed by atoms with van der Waals surface area (Å²) in [6.45, 7) is 0. The van der Waals surface area contributed by atoms with Gasteiger partial charge in [0.2, 0.25) is 0 Å². The standard InChI is InChI=1S/C19H14ClN5O3/c1-28-19(27)24-17-18(26)23-16(15(22-17)10-5-3-2-4-6-10)11-7-12-9-21-25-14(12)13(20)8-11/h2-9H,1H3,(H,21,25)(H,23,26)(H,22,24,27). The third-order valence-corrected chi connectivity index (χ3v) is 4.40. The molecule has 0 aliphatic heterocycles. The van der Waals surface area contributed by atoms with Crippen molar-refractivity contribution in [2.24, 2.45) is 0 Å². The topological polar surface area (TPSA) is 113 Å². The molecule has 0 saturated carbocycles. The van der Waals surface area contributed by atoms with Crippen LogP contribution in [0.1, 0.15) is 0 Å². The molecule has 4 aromatic rings. The van der Waals surface area contributed by atoms with Crippen molar-refractivity contribution in [1.29, 1.82) is 0 Å². The summed E-state index contributed by atoms with van der Waals surface area (Å²) in [6, 6.07) is 12.8. The fraction of sp³-hybridized carbons (Fsp3) is 0.0526. The maximum atomic E-state index is 11.6. The average molecular weight is 396 g/mol. The van der Waals surface area contributed by atoms with E-state index in [1.165, 1.54) is 7.11 Å². The van der Waals surface area contributed by atoms with E-state index in [4.69, 9.17) is 11.6 Å². The molecule has 28 heavy (non-hydrogen) atoms. The number of fused-ring (bicyclic) bond motifs is 1. The van der Waals surface area contributed by atoms with E-state index in [1.54, 1.807) is 12.3 Å². The molecule has 0 bridgehead atoms. The van der Waals surface area contributed by atoms with Gasteiger partial charge >= 0.3 is 6.09 Å². The number of carbonyl (C=O) groups excluding carboxylic acids is 1.